The first-order chi connectivity index (χ1) is 24.6. The highest BCUT2D eigenvalue weighted by molar-refractivity contribution is 6.30. The molecule has 4 atom stereocenters. The van der Waals surface area contributed by atoms with Crippen molar-refractivity contribution in [1.82, 2.24) is 31.2 Å². The number of carboxylic acids is 1. The van der Waals surface area contributed by atoms with E-state index in [0.717, 1.165) is 11.1 Å². The minimum atomic E-state index is -1.39. The summed E-state index contributed by atoms with van der Waals surface area (Å²) in [6, 6.07) is 16.3. The van der Waals surface area contributed by atoms with Crippen LogP contribution in [-0.4, -0.2) is 87.8 Å². The predicted molar refractivity (Wildman–Crippen MR) is 188 cm³/mol. The van der Waals surface area contributed by atoms with Gasteiger partial charge in [-0.05, 0) is 49.3 Å². The summed E-state index contributed by atoms with van der Waals surface area (Å²) in [5.41, 5.74) is 2.05. The van der Waals surface area contributed by atoms with Crippen molar-refractivity contribution in [3.8, 4) is 0 Å². The summed E-state index contributed by atoms with van der Waals surface area (Å²) < 4.78 is 0. The van der Waals surface area contributed by atoms with E-state index in [4.69, 9.17) is 11.6 Å². The second-order valence-electron chi connectivity index (χ2n) is 12.8. The summed E-state index contributed by atoms with van der Waals surface area (Å²) in [4.78, 5) is 84.8. The third-order valence-corrected chi connectivity index (χ3v) is 9.34. The highest BCUT2D eigenvalue weighted by Crippen LogP contribution is 2.28. The van der Waals surface area contributed by atoms with Crippen LogP contribution in [-0.2, 0) is 24.0 Å². The molecule has 0 unspecified atom stereocenters. The van der Waals surface area contributed by atoms with Crippen LogP contribution < -0.4 is 21.3 Å². The van der Waals surface area contributed by atoms with E-state index in [9.17, 15) is 33.9 Å². The fraction of sp³-hybridized carbons (Fsp3) is 0.378. The summed E-state index contributed by atoms with van der Waals surface area (Å²) >= 11 is 6.02. The van der Waals surface area contributed by atoms with Crippen LogP contribution in [0.5, 0.6) is 0 Å². The van der Waals surface area contributed by atoms with Gasteiger partial charge in [0.1, 0.15) is 18.1 Å². The molecule has 2 fully saturated rings. The molecule has 0 bridgehead atoms. The molecule has 2 aromatic carbocycles. The Morgan fingerprint density at radius 2 is 1.63 bits per heavy atom. The van der Waals surface area contributed by atoms with Gasteiger partial charge in [0.2, 0.25) is 23.6 Å². The van der Waals surface area contributed by atoms with Crippen molar-refractivity contribution in [2.24, 2.45) is 0 Å². The van der Waals surface area contributed by atoms with Crippen LogP contribution >= 0.6 is 11.6 Å². The first-order valence-corrected chi connectivity index (χ1v) is 17.4. The van der Waals surface area contributed by atoms with Crippen molar-refractivity contribution in [2.45, 2.75) is 75.0 Å². The number of carbonyl (C=O) groups excluding carboxylic acids is 5. The Hall–Kier alpha value is -5.30. The minimum Gasteiger partial charge on any atom is -0.480 e. The molecular weight excluding hydrogens is 676 g/mol. The quantitative estimate of drug-likeness (QED) is 0.235. The SMILES string of the molecule is O=C1CC[C@@H](C(=O)O)NC(=O)[C@@H]2C[C@@H](NC(=O)c3cncc(Cl)c3)CN2C(=O)[C@@H](NC(=O)CC(c2ccccc2)c2ccccc2)CCCCN1. The van der Waals surface area contributed by atoms with E-state index >= 15 is 0 Å². The van der Waals surface area contributed by atoms with Crippen LogP contribution in [0.3, 0.4) is 0 Å². The van der Waals surface area contributed by atoms with Gasteiger partial charge in [-0.2, -0.15) is 0 Å². The number of pyridine rings is 1. The topological polar surface area (TPSA) is 187 Å². The van der Waals surface area contributed by atoms with Gasteiger partial charge < -0.3 is 31.3 Å². The number of nitrogens with one attached hydrogen (secondary N) is 4. The molecule has 268 valence electrons. The van der Waals surface area contributed by atoms with E-state index < -0.39 is 47.9 Å². The lowest BCUT2D eigenvalue weighted by Crippen LogP contribution is -2.55. The first kappa shape index (κ1) is 37.0. The van der Waals surface area contributed by atoms with Gasteiger partial charge in [0.25, 0.3) is 5.91 Å². The molecule has 14 heteroatoms. The third kappa shape index (κ3) is 10.1. The van der Waals surface area contributed by atoms with Crippen molar-refractivity contribution in [3.05, 3.63) is 101 Å². The zero-order valence-corrected chi connectivity index (χ0v) is 28.7. The summed E-state index contributed by atoms with van der Waals surface area (Å²) in [5.74, 6) is -4.15. The predicted octanol–water partition coefficient (Wildman–Crippen LogP) is 2.79. The number of fused-ring (bicyclic) bond motifs is 1. The van der Waals surface area contributed by atoms with Crippen LogP contribution in [0.4, 0.5) is 0 Å². The number of carbonyl (C=O) groups is 6. The molecule has 2 aliphatic rings. The van der Waals surface area contributed by atoms with Gasteiger partial charge in [-0.25, -0.2) is 4.79 Å². The summed E-state index contributed by atoms with van der Waals surface area (Å²) in [6.45, 7) is 0.220. The second-order valence-corrected chi connectivity index (χ2v) is 13.2. The molecule has 2 aliphatic heterocycles. The van der Waals surface area contributed by atoms with Crippen molar-refractivity contribution in [3.63, 3.8) is 0 Å². The molecule has 5 N–H and O–H groups in total. The maximum atomic E-state index is 14.4. The van der Waals surface area contributed by atoms with Crippen LogP contribution in [0.25, 0.3) is 0 Å². The Balaban J connectivity index is 1.41. The highest BCUT2D eigenvalue weighted by Gasteiger charge is 2.43. The molecule has 0 saturated carbocycles. The average Bonchev–Trinajstić information content (AvgIpc) is 3.55. The van der Waals surface area contributed by atoms with Gasteiger partial charge in [-0.1, -0.05) is 72.3 Å². The fourth-order valence-corrected chi connectivity index (χ4v) is 6.70. The Morgan fingerprint density at radius 1 is 0.941 bits per heavy atom. The molecule has 1 aromatic heterocycles. The Bertz CT molecular complexity index is 1690. The van der Waals surface area contributed by atoms with Crippen molar-refractivity contribution in [2.75, 3.05) is 13.1 Å². The van der Waals surface area contributed by atoms with E-state index in [1.54, 1.807) is 0 Å². The molecule has 3 aromatic rings. The van der Waals surface area contributed by atoms with Gasteiger partial charge in [0.05, 0.1) is 10.6 Å². The highest BCUT2D eigenvalue weighted by atomic mass is 35.5. The smallest absolute Gasteiger partial charge is 0.326 e. The van der Waals surface area contributed by atoms with Crippen LogP contribution in [0, 0.1) is 0 Å². The lowest BCUT2D eigenvalue weighted by Gasteiger charge is -2.30. The van der Waals surface area contributed by atoms with Gasteiger partial charge in [0, 0.05) is 50.3 Å². The second kappa shape index (κ2) is 17.6. The molecule has 0 aliphatic carbocycles. The number of benzene rings is 2. The maximum absolute atomic E-state index is 14.4. The van der Waals surface area contributed by atoms with Crippen molar-refractivity contribution in [1.29, 1.82) is 0 Å². The van der Waals surface area contributed by atoms with Gasteiger partial charge in [0.15, 0.2) is 0 Å². The normalized spacial score (nSPS) is 21.8. The number of aliphatic carboxylic acids is 1. The van der Waals surface area contributed by atoms with E-state index in [2.05, 4.69) is 26.3 Å². The molecule has 5 amide bonds. The molecule has 0 radical (unpaired) electrons. The van der Waals surface area contributed by atoms with Crippen molar-refractivity contribution >= 4 is 47.1 Å². The van der Waals surface area contributed by atoms with Gasteiger partial charge in [-0.3, -0.25) is 29.0 Å². The number of amides is 5. The Morgan fingerprint density at radius 3 is 2.27 bits per heavy atom. The van der Waals surface area contributed by atoms with E-state index in [1.165, 1.54) is 23.4 Å². The van der Waals surface area contributed by atoms with Crippen molar-refractivity contribution < 1.29 is 33.9 Å². The number of rotatable bonds is 8. The number of aromatic nitrogens is 1. The zero-order valence-electron chi connectivity index (χ0n) is 27.9. The fourth-order valence-electron chi connectivity index (χ4n) is 6.52. The summed E-state index contributed by atoms with van der Waals surface area (Å²) in [5, 5.41) is 21.1. The summed E-state index contributed by atoms with van der Waals surface area (Å²) in [6.07, 6.45) is 3.64. The molecular formula is C37H41ClN6O7. The molecule has 51 heavy (non-hydrogen) atoms. The largest absolute Gasteiger partial charge is 0.480 e. The molecule has 0 spiro atoms. The Kier molecular flexibility index (Phi) is 12.7. The number of nitrogens with zero attached hydrogens (tertiary/aromatic N) is 2. The lowest BCUT2D eigenvalue weighted by atomic mass is 9.88. The van der Waals surface area contributed by atoms with Gasteiger partial charge >= 0.3 is 5.97 Å². The van der Waals surface area contributed by atoms with Crippen LogP contribution in [0.15, 0.2) is 79.1 Å². The first-order valence-electron chi connectivity index (χ1n) is 17.0. The minimum absolute atomic E-state index is 0.0190. The van der Waals surface area contributed by atoms with Crippen LogP contribution in [0.2, 0.25) is 5.02 Å². The maximum Gasteiger partial charge on any atom is 0.326 e. The van der Waals surface area contributed by atoms with Crippen LogP contribution in [0.1, 0.15) is 72.3 Å². The standard InChI is InChI=1S/C37H41ClN6O7/c38-26-17-25(20-39-21-26)34(47)41-27-18-31-35(48)43-30(37(50)51)14-15-32(45)40-16-8-7-13-29(36(49)44(31)22-27)42-33(46)19-28(23-9-3-1-4-10-23)24-11-5-2-6-12-24/h1-6,9-12,17,20-21,27-31H,7-8,13-16,18-19,22H2,(H,40,45)(H,41,47)(H,42,46)(H,43,48)(H,50,51)/t27-,29+,30+,31+/m1/s1. The average molecular weight is 717 g/mol. The number of halogens is 1. The monoisotopic (exact) mass is 716 g/mol. The summed E-state index contributed by atoms with van der Waals surface area (Å²) in [7, 11) is 0. The van der Waals surface area contributed by atoms with Gasteiger partial charge in [-0.15, -0.1) is 0 Å². The Labute approximate surface area is 300 Å². The molecule has 5 rings (SSSR count). The molecule has 2 saturated heterocycles. The third-order valence-electron chi connectivity index (χ3n) is 9.13. The van der Waals surface area contributed by atoms with E-state index in [-0.39, 0.29) is 67.0 Å². The lowest BCUT2D eigenvalue weighted by molar-refractivity contribution is -0.145. The zero-order chi connectivity index (χ0) is 36.3. The van der Waals surface area contributed by atoms with E-state index in [0.29, 0.717) is 19.4 Å². The molecule has 3 heterocycles. The number of hydrogen-bond donors (Lipinski definition) is 5. The van der Waals surface area contributed by atoms with E-state index in [1.807, 2.05) is 60.7 Å². The molecule has 13 nitrogen and oxygen atoms in total. The number of hydrogen-bond acceptors (Lipinski definition) is 7. The number of carboxylic acid groups (broad SMARTS) is 1.